The number of benzene rings is 1. The smallest absolute Gasteiger partial charge is 0.197 e. The number of ketones is 1. The molecule has 0 N–H and O–H groups in total. The van der Waals surface area contributed by atoms with E-state index in [4.69, 9.17) is 4.42 Å². The molecule has 18 heavy (non-hydrogen) atoms. The number of hydrogen-bond donors (Lipinski definition) is 0. The van der Waals surface area contributed by atoms with Crippen molar-refractivity contribution < 1.29 is 18.0 Å². The average molecular weight is 250 g/mol. The Labute approximate surface area is 103 Å². The van der Waals surface area contributed by atoms with Gasteiger partial charge in [-0.25, -0.2) is 8.78 Å². The van der Waals surface area contributed by atoms with Crippen molar-refractivity contribution in [3.8, 4) is 11.3 Å². The maximum Gasteiger partial charge on any atom is 0.197 e. The summed E-state index contributed by atoms with van der Waals surface area (Å²) in [6.45, 7) is 3.19. The van der Waals surface area contributed by atoms with Crippen molar-refractivity contribution in [2.24, 2.45) is 0 Å². The van der Waals surface area contributed by atoms with Crippen molar-refractivity contribution in [2.75, 3.05) is 0 Å². The highest BCUT2D eigenvalue weighted by atomic mass is 19.1. The molecule has 0 fully saturated rings. The van der Waals surface area contributed by atoms with Gasteiger partial charge in [0, 0.05) is 6.42 Å². The van der Waals surface area contributed by atoms with Gasteiger partial charge in [0.2, 0.25) is 0 Å². The van der Waals surface area contributed by atoms with E-state index in [1.165, 1.54) is 19.1 Å². The molecule has 2 aromatic rings. The highest BCUT2D eigenvalue weighted by molar-refractivity contribution is 5.93. The minimum Gasteiger partial charge on any atom is -0.453 e. The molecule has 2 rings (SSSR count). The van der Waals surface area contributed by atoms with Gasteiger partial charge in [-0.1, -0.05) is 6.92 Å². The zero-order valence-electron chi connectivity index (χ0n) is 10.1. The molecular weight excluding hydrogens is 238 g/mol. The molecule has 94 valence electrons. The molecule has 0 unspecified atom stereocenters. The SMILES string of the molecule is CCC(=O)c1ccc(-c2cc(F)c(C)cc2F)o1. The normalized spacial score (nSPS) is 10.7. The standard InChI is InChI=1S/C14H12F2O2/c1-3-12(17)14-5-4-13(18-14)9-7-10(15)8(2)6-11(9)16/h4-7H,3H2,1-2H3. The highest BCUT2D eigenvalue weighted by Gasteiger charge is 2.15. The lowest BCUT2D eigenvalue weighted by Gasteiger charge is -2.02. The Balaban J connectivity index is 2.46. The fourth-order valence-electron chi connectivity index (χ4n) is 1.64. The van der Waals surface area contributed by atoms with Crippen LogP contribution in [-0.4, -0.2) is 5.78 Å². The van der Waals surface area contributed by atoms with Crippen LogP contribution in [0.15, 0.2) is 28.7 Å². The summed E-state index contributed by atoms with van der Waals surface area (Å²) >= 11 is 0. The summed E-state index contributed by atoms with van der Waals surface area (Å²) in [4.78, 5) is 11.4. The van der Waals surface area contributed by atoms with Crippen LogP contribution in [0.3, 0.4) is 0 Å². The van der Waals surface area contributed by atoms with E-state index < -0.39 is 11.6 Å². The third kappa shape index (κ3) is 2.18. The maximum absolute atomic E-state index is 13.7. The van der Waals surface area contributed by atoms with Gasteiger partial charge >= 0.3 is 0 Å². The fraction of sp³-hybridized carbons (Fsp3) is 0.214. The van der Waals surface area contributed by atoms with Crippen molar-refractivity contribution in [1.29, 1.82) is 0 Å². The van der Waals surface area contributed by atoms with Crippen molar-refractivity contribution >= 4 is 5.78 Å². The summed E-state index contributed by atoms with van der Waals surface area (Å²) in [6, 6.07) is 5.12. The first-order chi connectivity index (χ1) is 8.52. The van der Waals surface area contributed by atoms with Crippen LogP contribution in [0.5, 0.6) is 0 Å². The second-order valence-electron chi connectivity index (χ2n) is 4.02. The Morgan fingerprint density at radius 3 is 2.61 bits per heavy atom. The van der Waals surface area contributed by atoms with Crippen LogP contribution in [0.2, 0.25) is 0 Å². The number of Topliss-reactive ketones (excluding diaryl/α,β-unsaturated/α-hetero) is 1. The predicted octanol–water partition coefficient (Wildman–Crippen LogP) is 4.13. The molecule has 0 bridgehead atoms. The first-order valence-electron chi connectivity index (χ1n) is 5.62. The van der Waals surface area contributed by atoms with E-state index in [1.807, 2.05) is 0 Å². The van der Waals surface area contributed by atoms with Crippen LogP contribution in [0.1, 0.15) is 29.5 Å². The van der Waals surface area contributed by atoms with Gasteiger partial charge < -0.3 is 4.42 Å². The molecule has 0 aliphatic carbocycles. The van der Waals surface area contributed by atoms with Crippen LogP contribution < -0.4 is 0 Å². The van der Waals surface area contributed by atoms with E-state index >= 15 is 0 Å². The Kier molecular flexibility index (Phi) is 3.28. The van der Waals surface area contributed by atoms with E-state index in [0.29, 0.717) is 6.42 Å². The number of aryl methyl sites for hydroxylation is 1. The molecule has 1 aromatic heterocycles. The topological polar surface area (TPSA) is 30.2 Å². The molecule has 0 saturated heterocycles. The lowest BCUT2D eigenvalue weighted by Crippen LogP contribution is -1.93. The van der Waals surface area contributed by atoms with Crippen LogP contribution in [0, 0.1) is 18.6 Å². The summed E-state index contributed by atoms with van der Waals surface area (Å²) < 4.78 is 32.3. The zero-order valence-corrected chi connectivity index (χ0v) is 10.1. The molecule has 0 aliphatic heterocycles. The number of carbonyl (C=O) groups is 1. The van der Waals surface area contributed by atoms with Gasteiger partial charge in [0.25, 0.3) is 0 Å². The number of halogens is 2. The first-order valence-corrected chi connectivity index (χ1v) is 5.62. The Hall–Kier alpha value is -1.97. The lowest BCUT2D eigenvalue weighted by atomic mass is 10.1. The van der Waals surface area contributed by atoms with Gasteiger partial charge in [-0.2, -0.15) is 0 Å². The fourth-order valence-corrected chi connectivity index (χ4v) is 1.64. The van der Waals surface area contributed by atoms with Gasteiger partial charge in [0.1, 0.15) is 17.4 Å². The minimum atomic E-state index is -0.571. The number of furan rings is 1. The Morgan fingerprint density at radius 2 is 1.94 bits per heavy atom. The summed E-state index contributed by atoms with van der Waals surface area (Å²) in [5.41, 5.74) is 0.251. The largest absolute Gasteiger partial charge is 0.453 e. The van der Waals surface area contributed by atoms with Crippen LogP contribution in [-0.2, 0) is 0 Å². The Bertz CT molecular complexity index is 600. The minimum absolute atomic E-state index is 0.0215. The molecule has 1 heterocycles. The molecule has 0 amide bonds. The molecule has 2 nitrogen and oxygen atoms in total. The van der Waals surface area contributed by atoms with Crippen molar-refractivity contribution in [2.45, 2.75) is 20.3 Å². The monoisotopic (exact) mass is 250 g/mol. The molecule has 4 heteroatoms. The van der Waals surface area contributed by atoms with E-state index in [-0.39, 0.29) is 28.4 Å². The predicted molar refractivity (Wildman–Crippen MR) is 63.4 cm³/mol. The van der Waals surface area contributed by atoms with Gasteiger partial charge in [-0.15, -0.1) is 0 Å². The van der Waals surface area contributed by atoms with E-state index in [9.17, 15) is 13.6 Å². The maximum atomic E-state index is 13.7. The average Bonchev–Trinajstić information content (AvgIpc) is 2.82. The first kappa shape index (κ1) is 12.5. The lowest BCUT2D eigenvalue weighted by molar-refractivity contribution is 0.0962. The van der Waals surface area contributed by atoms with Crippen LogP contribution >= 0.6 is 0 Å². The number of carbonyl (C=O) groups excluding carboxylic acids is 1. The van der Waals surface area contributed by atoms with Crippen LogP contribution in [0.4, 0.5) is 8.78 Å². The molecule has 0 radical (unpaired) electrons. The summed E-state index contributed by atoms with van der Waals surface area (Å²) in [5.74, 6) is -0.935. The third-order valence-electron chi connectivity index (χ3n) is 2.72. The van der Waals surface area contributed by atoms with Crippen LogP contribution in [0.25, 0.3) is 11.3 Å². The second kappa shape index (κ2) is 4.72. The van der Waals surface area contributed by atoms with Gasteiger partial charge in [-0.3, -0.25) is 4.79 Å². The summed E-state index contributed by atoms with van der Waals surface area (Å²) in [5, 5.41) is 0. The van der Waals surface area contributed by atoms with Crippen molar-refractivity contribution in [3.63, 3.8) is 0 Å². The zero-order chi connectivity index (χ0) is 13.3. The molecule has 0 aliphatic rings. The van der Waals surface area contributed by atoms with Gasteiger partial charge in [0.15, 0.2) is 11.5 Å². The van der Waals surface area contributed by atoms with E-state index in [2.05, 4.69) is 0 Å². The summed E-state index contributed by atoms with van der Waals surface area (Å²) in [7, 11) is 0. The number of rotatable bonds is 3. The molecular formula is C14H12F2O2. The van der Waals surface area contributed by atoms with Gasteiger partial charge in [-0.05, 0) is 36.8 Å². The summed E-state index contributed by atoms with van der Waals surface area (Å²) in [6.07, 6.45) is 0.303. The molecule has 0 atom stereocenters. The van der Waals surface area contributed by atoms with E-state index in [1.54, 1.807) is 6.92 Å². The second-order valence-corrected chi connectivity index (χ2v) is 4.02. The van der Waals surface area contributed by atoms with Crippen molar-refractivity contribution in [3.05, 3.63) is 47.2 Å². The number of hydrogen-bond acceptors (Lipinski definition) is 2. The molecule has 0 spiro atoms. The van der Waals surface area contributed by atoms with E-state index in [0.717, 1.165) is 12.1 Å². The third-order valence-corrected chi connectivity index (χ3v) is 2.72. The van der Waals surface area contributed by atoms with Crippen molar-refractivity contribution in [1.82, 2.24) is 0 Å². The molecule has 1 aromatic carbocycles. The highest BCUT2D eigenvalue weighted by Crippen LogP contribution is 2.27. The van der Waals surface area contributed by atoms with Gasteiger partial charge in [0.05, 0.1) is 5.56 Å². The Morgan fingerprint density at radius 1 is 1.22 bits per heavy atom. The quantitative estimate of drug-likeness (QED) is 0.767. The molecule has 0 saturated carbocycles.